The van der Waals surface area contributed by atoms with Crippen LogP contribution in [0, 0.1) is 18.3 Å². The van der Waals surface area contributed by atoms with Crippen LogP contribution in [0.15, 0.2) is 71.6 Å². The molecule has 0 radical (unpaired) electrons. The number of anilines is 2. The maximum Gasteiger partial charge on any atom is 0.337 e. The van der Waals surface area contributed by atoms with Crippen molar-refractivity contribution in [1.82, 2.24) is 0 Å². The topological polar surface area (TPSA) is 29.5 Å². The number of thioether (sulfide) groups is 1. The van der Waals surface area contributed by atoms with Crippen LogP contribution in [0.2, 0.25) is 0 Å². The minimum atomic E-state index is -0.363. The van der Waals surface area contributed by atoms with Crippen molar-refractivity contribution in [3.63, 3.8) is 0 Å². The summed E-state index contributed by atoms with van der Waals surface area (Å²) in [6.07, 6.45) is 8.02. The molecule has 3 aromatic carbocycles. The van der Waals surface area contributed by atoms with E-state index in [1.54, 1.807) is 17.8 Å². The second kappa shape index (κ2) is 10.2. The number of terminal acetylenes is 1. The zero-order valence-corrected chi connectivity index (χ0v) is 19.2. The second-order valence-electron chi connectivity index (χ2n) is 7.63. The SMILES string of the molecule is C#Cc1cc(N(CC(C)C)c2ccccc2)c(SC)cc1-c1cccc(C(=O)OC)c1. The van der Waals surface area contributed by atoms with E-state index in [4.69, 9.17) is 11.2 Å². The van der Waals surface area contributed by atoms with Crippen LogP contribution in [0.1, 0.15) is 29.8 Å². The molecule has 158 valence electrons. The van der Waals surface area contributed by atoms with Gasteiger partial charge in [-0.1, -0.05) is 50.1 Å². The molecule has 3 nitrogen and oxygen atoms in total. The van der Waals surface area contributed by atoms with Crippen LogP contribution >= 0.6 is 11.8 Å². The molecule has 0 saturated heterocycles. The van der Waals surface area contributed by atoms with Crippen molar-refractivity contribution in [2.45, 2.75) is 18.7 Å². The van der Waals surface area contributed by atoms with Gasteiger partial charge in [0.15, 0.2) is 0 Å². The lowest BCUT2D eigenvalue weighted by atomic mass is 9.97. The van der Waals surface area contributed by atoms with E-state index in [-0.39, 0.29) is 5.97 Å². The van der Waals surface area contributed by atoms with E-state index in [0.29, 0.717) is 11.5 Å². The van der Waals surface area contributed by atoms with Crippen LogP contribution in [0.5, 0.6) is 0 Å². The summed E-state index contributed by atoms with van der Waals surface area (Å²) >= 11 is 1.69. The summed E-state index contributed by atoms with van der Waals surface area (Å²) in [5, 5.41) is 0. The third-order valence-corrected chi connectivity index (χ3v) is 5.74. The zero-order valence-electron chi connectivity index (χ0n) is 18.4. The molecule has 4 heteroatoms. The number of carbonyl (C=O) groups excluding carboxylic acids is 1. The number of carbonyl (C=O) groups is 1. The van der Waals surface area contributed by atoms with Crippen molar-refractivity contribution in [2.24, 2.45) is 5.92 Å². The van der Waals surface area contributed by atoms with E-state index in [2.05, 4.69) is 67.3 Å². The first kappa shape index (κ1) is 22.5. The third kappa shape index (κ3) is 5.13. The molecule has 0 aliphatic carbocycles. The molecular weight excluding hydrogens is 402 g/mol. The maximum atomic E-state index is 12.0. The Kier molecular flexibility index (Phi) is 7.44. The smallest absolute Gasteiger partial charge is 0.337 e. The largest absolute Gasteiger partial charge is 0.465 e. The molecule has 3 rings (SSSR count). The van der Waals surface area contributed by atoms with Crippen molar-refractivity contribution >= 4 is 29.1 Å². The number of hydrogen-bond donors (Lipinski definition) is 0. The van der Waals surface area contributed by atoms with Gasteiger partial charge in [0.2, 0.25) is 0 Å². The molecular formula is C27H27NO2S. The number of hydrogen-bond acceptors (Lipinski definition) is 4. The summed E-state index contributed by atoms with van der Waals surface area (Å²) in [5.41, 5.74) is 5.35. The van der Waals surface area contributed by atoms with Gasteiger partial charge in [-0.25, -0.2) is 4.79 Å². The van der Waals surface area contributed by atoms with E-state index < -0.39 is 0 Å². The first-order valence-corrected chi connectivity index (χ1v) is 11.4. The summed E-state index contributed by atoms with van der Waals surface area (Å²) in [7, 11) is 1.38. The van der Waals surface area contributed by atoms with Crippen LogP contribution in [0.3, 0.4) is 0 Å². The normalized spacial score (nSPS) is 10.6. The number of nitrogens with zero attached hydrogens (tertiary/aromatic N) is 1. The zero-order chi connectivity index (χ0) is 22.4. The molecule has 3 aromatic rings. The highest BCUT2D eigenvalue weighted by atomic mass is 32.2. The summed E-state index contributed by atoms with van der Waals surface area (Å²) in [5.74, 6) is 2.97. The number of benzene rings is 3. The fraction of sp³-hybridized carbons (Fsp3) is 0.222. The lowest BCUT2D eigenvalue weighted by Gasteiger charge is -2.29. The van der Waals surface area contributed by atoms with Gasteiger partial charge in [-0.05, 0) is 59.7 Å². The summed E-state index contributed by atoms with van der Waals surface area (Å²) < 4.78 is 4.88. The fourth-order valence-electron chi connectivity index (χ4n) is 3.55. The predicted octanol–water partition coefficient (Wildman–Crippen LogP) is 6.64. The quantitative estimate of drug-likeness (QED) is 0.239. The van der Waals surface area contributed by atoms with Crippen LogP contribution < -0.4 is 4.90 Å². The highest BCUT2D eigenvalue weighted by Gasteiger charge is 2.18. The second-order valence-corrected chi connectivity index (χ2v) is 8.47. The molecule has 0 aliphatic rings. The van der Waals surface area contributed by atoms with E-state index in [1.807, 2.05) is 24.3 Å². The first-order valence-electron chi connectivity index (χ1n) is 10.2. The highest BCUT2D eigenvalue weighted by Crippen LogP contribution is 2.39. The number of para-hydroxylation sites is 1. The van der Waals surface area contributed by atoms with Crippen LogP contribution in [0.25, 0.3) is 11.1 Å². The van der Waals surface area contributed by atoms with Gasteiger partial charge in [-0.15, -0.1) is 18.2 Å². The number of esters is 1. The number of ether oxygens (including phenoxy) is 1. The Balaban J connectivity index is 2.17. The third-order valence-electron chi connectivity index (χ3n) is 4.98. The van der Waals surface area contributed by atoms with E-state index in [0.717, 1.165) is 39.5 Å². The van der Waals surface area contributed by atoms with Gasteiger partial charge in [0, 0.05) is 22.7 Å². The van der Waals surface area contributed by atoms with E-state index >= 15 is 0 Å². The predicted molar refractivity (Wildman–Crippen MR) is 131 cm³/mol. The van der Waals surface area contributed by atoms with Gasteiger partial charge in [0.05, 0.1) is 18.4 Å². The molecule has 0 aliphatic heterocycles. The number of rotatable bonds is 7. The summed E-state index contributed by atoms with van der Waals surface area (Å²) in [6, 6.07) is 22.0. The molecule has 0 saturated carbocycles. The van der Waals surface area contributed by atoms with Gasteiger partial charge >= 0.3 is 5.97 Å². The molecule has 31 heavy (non-hydrogen) atoms. The van der Waals surface area contributed by atoms with Gasteiger partial charge in [-0.2, -0.15) is 0 Å². The lowest BCUT2D eigenvalue weighted by molar-refractivity contribution is 0.0601. The molecule has 0 bridgehead atoms. The van der Waals surface area contributed by atoms with Crippen molar-refractivity contribution in [3.8, 4) is 23.5 Å². The van der Waals surface area contributed by atoms with Gasteiger partial charge in [-0.3, -0.25) is 0 Å². The minimum Gasteiger partial charge on any atom is -0.465 e. The Morgan fingerprint density at radius 3 is 2.45 bits per heavy atom. The first-order chi connectivity index (χ1) is 15.0. The highest BCUT2D eigenvalue weighted by molar-refractivity contribution is 7.98. The molecule has 0 N–H and O–H groups in total. The summed E-state index contributed by atoms with van der Waals surface area (Å²) in [4.78, 5) is 15.5. The lowest BCUT2D eigenvalue weighted by Crippen LogP contribution is -2.23. The monoisotopic (exact) mass is 429 g/mol. The van der Waals surface area contributed by atoms with Crippen LogP contribution in [-0.4, -0.2) is 25.9 Å². The van der Waals surface area contributed by atoms with Gasteiger partial charge < -0.3 is 9.64 Å². The molecule has 0 amide bonds. The molecule has 0 aromatic heterocycles. The van der Waals surface area contributed by atoms with Crippen molar-refractivity contribution in [2.75, 3.05) is 24.8 Å². The Bertz CT molecular complexity index is 1100. The van der Waals surface area contributed by atoms with Gasteiger partial charge in [0.1, 0.15) is 0 Å². The Morgan fingerprint density at radius 1 is 1.10 bits per heavy atom. The van der Waals surface area contributed by atoms with E-state index in [1.165, 1.54) is 7.11 Å². The van der Waals surface area contributed by atoms with E-state index in [9.17, 15) is 4.79 Å². The molecule has 0 unspecified atom stereocenters. The van der Waals surface area contributed by atoms with Crippen LogP contribution in [-0.2, 0) is 4.74 Å². The van der Waals surface area contributed by atoms with Crippen LogP contribution in [0.4, 0.5) is 11.4 Å². The molecule has 0 heterocycles. The minimum absolute atomic E-state index is 0.363. The molecule has 0 atom stereocenters. The van der Waals surface area contributed by atoms with Crippen molar-refractivity contribution < 1.29 is 9.53 Å². The average Bonchev–Trinajstić information content (AvgIpc) is 2.81. The van der Waals surface area contributed by atoms with Crippen molar-refractivity contribution in [1.29, 1.82) is 0 Å². The van der Waals surface area contributed by atoms with Gasteiger partial charge in [0.25, 0.3) is 0 Å². The van der Waals surface area contributed by atoms with Crippen molar-refractivity contribution in [3.05, 3.63) is 77.9 Å². The fourth-order valence-corrected chi connectivity index (χ4v) is 4.16. The Morgan fingerprint density at radius 2 is 1.84 bits per heavy atom. The average molecular weight is 430 g/mol. The number of methoxy groups -OCH3 is 1. The standard InChI is InChI=1S/C27H27NO2S/c1-6-20-16-25(28(18-19(2)3)23-13-8-7-9-14-23)26(31-5)17-24(20)21-11-10-12-22(15-21)27(29)30-4/h1,7-17,19H,18H2,2-5H3. The molecule has 0 spiro atoms. The Labute approximate surface area is 189 Å². The Hall–Kier alpha value is -3.16. The maximum absolute atomic E-state index is 12.0. The molecule has 0 fully saturated rings. The summed E-state index contributed by atoms with van der Waals surface area (Å²) in [6.45, 7) is 5.30.